The number of piperidine rings is 1. The maximum Gasteiger partial charge on any atom is 0.218 e. The summed E-state index contributed by atoms with van der Waals surface area (Å²) in [7, 11) is 0. The van der Waals surface area contributed by atoms with Gasteiger partial charge in [0.2, 0.25) is 5.78 Å². The van der Waals surface area contributed by atoms with Crippen molar-refractivity contribution in [1.29, 1.82) is 0 Å². The first-order valence-corrected chi connectivity index (χ1v) is 8.26. The second-order valence-electron chi connectivity index (χ2n) is 5.37. The van der Waals surface area contributed by atoms with Crippen molar-refractivity contribution in [3.8, 4) is 0 Å². The van der Waals surface area contributed by atoms with E-state index in [9.17, 15) is 9.59 Å². The highest BCUT2D eigenvalue weighted by Crippen LogP contribution is 2.23. The van der Waals surface area contributed by atoms with Gasteiger partial charge in [0, 0.05) is 37.9 Å². The standard InChI is InChI=1S/C14H18Br2N3O2/c15-18(16)17-19(8-4-5-12(9-19)11-20)10-14(21)13-6-2-1-3-7-13/h1-3,6-7,11-12,17H,4-5,8-10H2/q+1. The Kier molecular flexibility index (Phi) is 6.07. The van der Waals surface area contributed by atoms with Gasteiger partial charge in [0.25, 0.3) is 0 Å². The van der Waals surface area contributed by atoms with Crippen molar-refractivity contribution in [1.82, 2.24) is 8.60 Å². The Morgan fingerprint density at radius 1 is 1.38 bits per heavy atom. The molecule has 1 aliphatic rings. The van der Waals surface area contributed by atoms with Crippen molar-refractivity contribution in [2.24, 2.45) is 5.92 Å². The van der Waals surface area contributed by atoms with Crippen LogP contribution < -0.4 is 5.53 Å². The predicted molar refractivity (Wildman–Crippen MR) is 87.3 cm³/mol. The molecule has 114 valence electrons. The molecular weight excluding hydrogens is 402 g/mol. The number of hydrazine groups is 1. The first-order chi connectivity index (χ1) is 10.0. The average molecular weight is 420 g/mol. The van der Waals surface area contributed by atoms with Crippen molar-refractivity contribution in [3.63, 3.8) is 0 Å². The van der Waals surface area contributed by atoms with Crippen molar-refractivity contribution in [2.45, 2.75) is 12.8 Å². The number of nitrogens with one attached hydrogen (secondary N) is 1. The van der Waals surface area contributed by atoms with Gasteiger partial charge < -0.3 is 4.79 Å². The smallest absolute Gasteiger partial charge is 0.218 e. The summed E-state index contributed by atoms with van der Waals surface area (Å²) in [5.74, 6) is 0.0475. The first-order valence-electron chi connectivity index (χ1n) is 6.84. The molecule has 2 unspecified atom stereocenters. The van der Waals surface area contributed by atoms with E-state index in [1.807, 2.05) is 30.3 Å². The fourth-order valence-electron chi connectivity index (χ4n) is 2.82. The minimum atomic E-state index is -0.0187. The highest BCUT2D eigenvalue weighted by atomic mass is 79.9. The van der Waals surface area contributed by atoms with Crippen molar-refractivity contribution in [3.05, 3.63) is 35.9 Å². The molecule has 1 aromatic carbocycles. The lowest BCUT2D eigenvalue weighted by Crippen LogP contribution is -2.66. The molecule has 2 atom stereocenters. The molecule has 5 nitrogen and oxygen atoms in total. The van der Waals surface area contributed by atoms with E-state index in [-0.39, 0.29) is 11.7 Å². The number of benzene rings is 1. The van der Waals surface area contributed by atoms with Crippen LogP contribution in [0.3, 0.4) is 0 Å². The van der Waals surface area contributed by atoms with Crippen molar-refractivity contribution in [2.75, 3.05) is 19.6 Å². The van der Waals surface area contributed by atoms with E-state index < -0.39 is 0 Å². The van der Waals surface area contributed by atoms with Crippen LogP contribution in [0.5, 0.6) is 0 Å². The van der Waals surface area contributed by atoms with Crippen LogP contribution in [0.4, 0.5) is 0 Å². The molecule has 1 aliphatic heterocycles. The highest BCUT2D eigenvalue weighted by Gasteiger charge is 2.38. The van der Waals surface area contributed by atoms with Gasteiger partial charge in [0.15, 0.2) is 6.54 Å². The van der Waals surface area contributed by atoms with Crippen LogP contribution in [0, 0.1) is 5.92 Å². The maximum absolute atomic E-state index is 12.5. The topological polar surface area (TPSA) is 49.4 Å². The molecule has 2 rings (SSSR count). The quantitative estimate of drug-likeness (QED) is 0.253. The minimum absolute atomic E-state index is 0.0187. The average Bonchev–Trinajstić information content (AvgIpc) is 2.47. The summed E-state index contributed by atoms with van der Waals surface area (Å²) in [5, 5.41) is 0. The summed E-state index contributed by atoms with van der Waals surface area (Å²) >= 11 is 6.51. The molecule has 0 amide bonds. The summed E-state index contributed by atoms with van der Waals surface area (Å²) in [6.45, 7) is 1.72. The number of hydrogen-bond donors (Lipinski definition) is 1. The molecule has 0 saturated carbocycles. The SMILES string of the molecule is O=CC1CCC[N+](CC(=O)c2ccccc2)(NN(Br)Br)C1. The third kappa shape index (κ3) is 4.69. The Hall–Kier alpha value is -0.600. The van der Waals surface area contributed by atoms with Crippen LogP contribution in [0.1, 0.15) is 23.2 Å². The summed E-state index contributed by atoms with van der Waals surface area (Å²) < 4.78 is 1.85. The molecule has 1 heterocycles. The monoisotopic (exact) mass is 418 g/mol. The van der Waals surface area contributed by atoms with Crippen LogP contribution >= 0.6 is 32.3 Å². The third-order valence-corrected chi connectivity index (χ3v) is 4.08. The fraction of sp³-hybridized carbons (Fsp3) is 0.429. The molecule has 0 radical (unpaired) electrons. The number of likely N-dealkylation sites (tertiary alicyclic amines) is 1. The summed E-state index contributed by atoms with van der Waals surface area (Å²) in [6, 6.07) is 9.24. The molecule has 0 bridgehead atoms. The van der Waals surface area contributed by atoms with Gasteiger partial charge in [0.1, 0.15) is 12.8 Å². The van der Waals surface area contributed by atoms with Gasteiger partial charge in [-0.2, -0.15) is 0 Å². The number of halogens is 2. The normalized spacial score (nSPS) is 25.8. The van der Waals surface area contributed by atoms with Gasteiger partial charge in [-0.3, -0.25) is 4.79 Å². The van der Waals surface area contributed by atoms with Gasteiger partial charge in [-0.05, 0) is 12.8 Å². The van der Waals surface area contributed by atoms with E-state index in [1.54, 1.807) is 0 Å². The molecule has 7 heteroatoms. The zero-order chi connectivity index (χ0) is 15.3. The van der Waals surface area contributed by atoms with Crippen LogP contribution in [-0.2, 0) is 4.79 Å². The van der Waals surface area contributed by atoms with E-state index >= 15 is 0 Å². The zero-order valence-corrected chi connectivity index (χ0v) is 14.7. The summed E-state index contributed by atoms with van der Waals surface area (Å²) in [6.07, 6.45) is 2.79. The van der Waals surface area contributed by atoms with Crippen LogP contribution in [0.15, 0.2) is 30.3 Å². The number of Topliss-reactive ketones (excluding diaryl/α,β-unsaturated/α-hetero) is 1. The molecule has 21 heavy (non-hydrogen) atoms. The Labute approximate surface area is 141 Å². The lowest BCUT2D eigenvalue weighted by molar-refractivity contribution is -0.976. The van der Waals surface area contributed by atoms with Crippen LogP contribution in [-0.4, -0.2) is 39.4 Å². The Morgan fingerprint density at radius 2 is 2.10 bits per heavy atom. The lowest BCUT2D eigenvalue weighted by atomic mass is 9.98. The largest absolute Gasteiger partial charge is 0.303 e. The molecule has 0 aromatic heterocycles. The van der Waals surface area contributed by atoms with E-state index in [2.05, 4.69) is 37.8 Å². The number of nitrogens with zero attached hydrogens (tertiary/aromatic N) is 2. The first kappa shape index (κ1) is 16.8. The second kappa shape index (κ2) is 7.60. The van der Waals surface area contributed by atoms with Gasteiger partial charge in [-0.25, -0.2) is 4.59 Å². The zero-order valence-electron chi connectivity index (χ0n) is 11.5. The molecule has 1 N–H and O–H groups in total. The number of hydrogen-bond acceptors (Lipinski definition) is 4. The molecule has 1 aromatic rings. The highest BCUT2D eigenvalue weighted by molar-refractivity contribution is 9.21. The van der Waals surface area contributed by atoms with Crippen LogP contribution in [0.25, 0.3) is 0 Å². The maximum atomic E-state index is 12.5. The third-order valence-electron chi connectivity index (χ3n) is 3.77. The van der Waals surface area contributed by atoms with E-state index in [0.29, 0.717) is 23.2 Å². The number of aldehydes is 1. The number of carbonyl (C=O) groups is 2. The van der Waals surface area contributed by atoms with Gasteiger partial charge in [0.05, 0.1) is 12.5 Å². The number of rotatable bonds is 6. The van der Waals surface area contributed by atoms with Crippen molar-refractivity contribution < 1.29 is 14.2 Å². The fourth-order valence-corrected chi connectivity index (χ4v) is 3.49. The van der Waals surface area contributed by atoms with Crippen LogP contribution in [0.2, 0.25) is 0 Å². The molecule has 0 aliphatic carbocycles. The Bertz CT molecular complexity index is 498. The molecule has 1 fully saturated rings. The Balaban J connectivity index is 2.16. The van der Waals surface area contributed by atoms with Gasteiger partial charge >= 0.3 is 0 Å². The molecular formula is C14H18Br2N3O2+. The number of quaternary nitrogens is 1. The molecule has 1 saturated heterocycles. The van der Waals surface area contributed by atoms with Gasteiger partial charge in [-0.15, -0.1) is 0 Å². The second-order valence-corrected chi connectivity index (χ2v) is 7.74. The Morgan fingerprint density at radius 3 is 2.71 bits per heavy atom. The predicted octanol–water partition coefficient (Wildman–Crippen LogP) is 2.64. The number of carbonyl (C=O) groups excluding carboxylic acids is 2. The minimum Gasteiger partial charge on any atom is -0.303 e. The summed E-state index contributed by atoms with van der Waals surface area (Å²) in [5.41, 5.74) is 3.88. The number of ketones is 1. The van der Waals surface area contributed by atoms with Gasteiger partial charge in [-0.1, -0.05) is 38.9 Å². The summed E-state index contributed by atoms with van der Waals surface area (Å²) in [4.78, 5) is 23.6. The lowest BCUT2D eigenvalue weighted by Gasteiger charge is -2.42. The van der Waals surface area contributed by atoms with Crippen molar-refractivity contribution >= 4 is 44.4 Å². The van der Waals surface area contributed by atoms with E-state index in [0.717, 1.165) is 25.7 Å². The van der Waals surface area contributed by atoms with E-state index in [1.165, 1.54) is 3.06 Å². The van der Waals surface area contributed by atoms with E-state index in [4.69, 9.17) is 0 Å². The molecule has 0 spiro atoms.